The van der Waals surface area contributed by atoms with Gasteiger partial charge in [0.2, 0.25) is 0 Å². The van der Waals surface area contributed by atoms with E-state index in [4.69, 9.17) is 9.47 Å². The molecule has 2 N–H and O–H groups in total. The van der Waals surface area contributed by atoms with Crippen molar-refractivity contribution in [2.75, 3.05) is 19.5 Å². The molecule has 1 aliphatic rings. The highest BCUT2D eigenvalue weighted by Gasteiger charge is 2.49. The molecule has 31 heavy (non-hydrogen) atoms. The van der Waals surface area contributed by atoms with Crippen LogP contribution in [0, 0.1) is 5.92 Å². The molecule has 0 aromatic heterocycles. The average Bonchev–Trinajstić information content (AvgIpc) is 2.72. The van der Waals surface area contributed by atoms with Crippen LogP contribution in [0.3, 0.4) is 0 Å². The van der Waals surface area contributed by atoms with Crippen molar-refractivity contribution in [3.63, 3.8) is 0 Å². The van der Waals surface area contributed by atoms with E-state index in [1.807, 2.05) is 36.4 Å². The molecule has 0 aliphatic heterocycles. The first kappa shape index (κ1) is 22.6. The number of nitrogens with one attached hydrogen (secondary N) is 1. The largest absolute Gasteiger partial charge is 0.493 e. The number of carbonyl (C=O) groups excluding carboxylic acids is 2. The molecule has 2 aromatic rings. The van der Waals surface area contributed by atoms with Crippen molar-refractivity contribution in [1.82, 2.24) is 0 Å². The van der Waals surface area contributed by atoms with E-state index in [2.05, 4.69) is 5.32 Å². The predicted molar refractivity (Wildman–Crippen MR) is 119 cm³/mol. The maximum atomic E-state index is 12.9. The number of rotatable bonds is 7. The summed E-state index contributed by atoms with van der Waals surface area (Å²) in [7, 11) is 3.08. The van der Waals surface area contributed by atoms with Crippen LogP contribution in [0.5, 0.6) is 11.5 Å². The molecule has 0 spiro atoms. The summed E-state index contributed by atoms with van der Waals surface area (Å²) in [6.07, 6.45) is 0.158. The summed E-state index contributed by atoms with van der Waals surface area (Å²) < 4.78 is 10.8. The summed E-state index contributed by atoms with van der Waals surface area (Å²) in [6.45, 7) is 4.60. The zero-order valence-corrected chi connectivity index (χ0v) is 18.6. The molecule has 0 saturated carbocycles. The van der Waals surface area contributed by atoms with Gasteiger partial charge in [0.25, 0.3) is 0 Å². The van der Waals surface area contributed by atoms with Crippen LogP contribution in [0.1, 0.15) is 38.7 Å². The Labute approximate surface area is 182 Å². The smallest absolute Gasteiger partial charge is 0.161 e. The Balaban J connectivity index is 2.24. The minimum absolute atomic E-state index is 0.153. The minimum atomic E-state index is -1.35. The fourth-order valence-corrected chi connectivity index (χ4v) is 4.59. The highest BCUT2D eigenvalue weighted by molar-refractivity contribution is 5.98. The Morgan fingerprint density at radius 1 is 1.03 bits per heavy atom. The third-order valence-corrected chi connectivity index (χ3v) is 5.83. The molecule has 3 rings (SSSR count). The van der Waals surface area contributed by atoms with Gasteiger partial charge in [0.15, 0.2) is 17.3 Å². The third kappa shape index (κ3) is 4.49. The van der Waals surface area contributed by atoms with E-state index in [1.54, 1.807) is 26.2 Å². The topological polar surface area (TPSA) is 84.9 Å². The lowest BCUT2D eigenvalue weighted by Crippen LogP contribution is -2.48. The standard InChI is InChI=1S/C25H29NO5/c1-15(27)22-19(26-18-9-7-6-8-10-18)14-25(3,29)24(16(2)28)23(22)17-11-12-20(30-4)21(13-17)31-5/h6-13,23-24,26,29H,14H2,1-5H3/t23-,24-,25+/m1/s1. The Kier molecular flexibility index (Phi) is 6.51. The molecule has 0 amide bonds. The van der Waals surface area contributed by atoms with E-state index in [9.17, 15) is 14.7 Å². The van der Waals surface area contributed by atoms with E-state index in [1.165, 1.54) is 21.0 Å². The molecule has 6 nitrogen and oxygen atoms in total. The van der Waals surface area contributed by atoms with Gasteiger partial charge >= 0.3 is 0 Å². The zero-order valence-electron chi connectivity index (χ0n) is 18.6. The van der Waals surface area contributed by atoms with Gasteiger partial charge in [-0.3, -0.25) is 9.59 Å². The fraction of sp³-hybridized carbons (Fsp3) is 0.360. The monoisotopic (exact) mass is 423 g/mol. The van der Waals surface area contributed by atoms with Gasteiger partial charge in [-0.1, -0.05) is 24.3 Å². The van der Waals surface area contributed by atoms with Crippen LogP contribution in [-0.4, -0.2) is 36.5 Å². The van der Waals surface area contributed by atoms with E-state index in [0.29, 0.717) is 28.3 Å². The predicted octanol–water partition coefficient (Wildman–Crippen LogP) is 4.10. The van der Waals surface area contributed by atoms with E-state index in [0.717, 1.165) is 5.69 Å². The Morgan fingerprint density at radius 3 is 2.23 bits per heavy atom. The van der Waals surface area contributed by atoms with Crippen LogP contribution in [0.25, 0.3) is 0 Å². The quantitative estimate of drug-likeness (QED) is 0.697. The van der Waals surface area contributed by atoms with E-state index in [-0.39, 0.29) is 18.0 Å². The summed E-state index contributed by atoms with van der Waals surface area (Å²) in [4.78, 5) is 25.6. The van der Waals surface area contributed by atoms with Crippen molar-refractivity contribution in [3.8, 4) is 11.5 Å². The molecule has 0 fully saturated rings. The number of aliphatic hydroxyl groups is 1. The lowest BCUT2D eigenvalue weighted by atomic mass is 9.64. The van der Waals surface area contributed by atoms with Crippen molar-refractivity contribution in [3.05, 3.63) is 65.4 Å². The van der Waals surface area contributed by atoms with Crippen molar-refractivity contribution < 1.29 is 24.2 Å². The molecule has 0 radical (unpaired) electrons. The zero-order chi connectivity index (χ0) is 22.8. The number of methoxy groups -OCH3 is 2. The number of ether oxygens (including phenoxy) is 2. The second kappa shape index (κ2) is 8.94. The van der Waals surface area contributed by atoms with Crippen LogP contribution in [0.15, 0.2) is 59.8 Å². The molecular weight excluding hydrogens is 394 g/mol. The number of benzene rings is 2. The summed E-state index contributed by atoms with van der Waals surface area (Å²) >= 11 is 0. The summed E-state index contributed by atoms with van der Waals surface area (Å²) in [5.41, 5.74) is 1.26. The van der Waals surface area contributed by atoms with Crippen LogP contribution < -0.4 is 14.8 Å². The number of ketones is 2. The Bertz CT molecular complexity index is 1010. The minimum Gasteiger partial charge on any atom is -0.493 e. The summed E-state index contributed by atoms with van der Waals surface area (Å²) in [5.74, 6) is -0.713. The molecule has 0 unspecified atom stereocenters. The first-order chi connectivity index (χ1) is 14.7. The van der Waals surface area contributed by atoms with Gasteiger partial charge in [-0.15, -0.1) is 0 Å². The molecule has 2 aromatic carbocycles. The van der Waals surface area contributed by atoms with Crippen molar-refractivity contribution in [2.24, 2.45) is 5.92 Å². The lowest BCUT2D eigenvalue weighted by molar-refractivity contribution is -0.131. The molecule has 164 valence electrons. The van der Waals surface area contributed by atoms with Crippen molar-refractivity contribution in [1.29, 1.82) is 0 Å². The van der Waals surface area contributed by atoms with Gasteiger partial charge < -0.3 is 19.9 Å². The highest BCUT2D eigenvalue weighted by Crippen LogP contribution is 2.48. The maximum absolute atomic E-state index is 12.9. The molecule has 0 bridgehead atoms. The molecule has 0 heterocycles. The van der Waals surface area contributed by atoms with Gasteiger partial charge in [-0.25, -0.2) is 0 Å². The maximum Gasteiger partial charge on any atom is 0.161 e. The van der Waals surface area contributed by atoms with Crippen LogP contribution in [-0.2, 0) is 9.59 Å². The molecule has 3 atom stereocenters. The molecule has 6 heteroatoms. The van der Waals surface area contributed by atoms with Gasteiger partial charge in [0.05, 0.1) is 25.7 Å². The van der Waals surface area contributed by atoms with E-state index >= 15 is 0 Å². The van der Waals surface area contributed by atoms with Crippen molar-refractivity contribution in [2.45, 2.75) is 38.7 Å². The Morgan fingerprint density at radius 2 is 1.68 bits per heavy atom. The molecular formula is C25H29NO5. The normalized spacial score (nSPS) is 23.3. The van der Waals surface area contributed by atoms with E-state index < -0.39 is 17.4 Å². The average molecular weight is 424 g/mol. The highest BCUT2D eigenvalue weighted by atomic mass is 16.5. The first-order valence-corrected chi connectivity index (χ1v) is 10.2. The first-order valence-electron chi connectivity index (χ1n) is 10.2. The Hall–Kier alpha value is -3.12. The number of para-hydroxylation sites is 1. The number of allylic oxidation sites excluding steroid dienone is 1. The van der Waals surface area contributed by atoms with Gasteiger partial charge in [0.1, 0.15) is 5.78 Å². The number of carbonyl (C=O) groups is 2. The molecule has 0 saturated heterocycles. The number of Topliss-reactive ketones (excluding diaryl/α,β-unsaturated/α-hetero) is 2. The van der Waals surface area contributed by atoms with Gasteiger partial charge in [0, 0.05) is 29.3 Å². The molecule has 1 aliphatic carbocycles. The summed E-state index contributed by atoms with van der Waals surface area (Å²) in [6, 6.07) is 14.8. The second-order valence-corrected chi connectivity index (χ2v) is 8.15. The number of anilines is 1. The summed E-state index contributed by atoms with van der Waals surface area (Å²) in [5, 5.41) is 14.7. The fourth-order valence-electron chi connectivity index (χ4n) is 4.59. The van der Waals surface area contributed by atoms with Crippen LogP contribution in [0.2, 0.25) is 0 Å². The van der Waals surface area contributed by atoms with Crippen LogP contribution >= 0.6 is 0 Å². The number of hydrogen-bond donors (Lipinski definition) is 2. The third-order valence-electron chi connectivity index (χ3n) is 5.83. The lowest BCUT2D eigenvalue weighted by Gasteiger charge is -2.43. The number of hydrogen-bond acceptors (Lipinski definition) is 6. The second-order valence-electron chi connectivity index (χ2n) is 8.15. The van der Waals surface area contributed by atoms with Gasteiger partial charge in [-0.2, -0.15) is 0 Å². The van der Waals surface area contributed by atoms with Gasteiger partial charge in [-0.05, 0) is 50.6 Å². The van der Waals surface area contributed by atoms with Crippen molar-refractivity contribution >= 4 is 17.3 Å². The van der Waals surface area contributed by atoms with Crippen LogP contribution in [0.4, 0.5) is 5.69 Å². The SMILES string of the molecule is COc1ccc([C@@H]2C(C(C)=O)=C(Nc3ccccc3)C[C@](C)(O)[C@@H]2C(C)=O)cc1OC.